The van der Waals surface area contributed by atoms with Gasteiger partial charge in [-0.05, 0) is 489 Å². The molecule has 0 saturated heterocycles. The van der Waals surface area contributed by atoms with Crippen LogP contribution in [0.3, 0.4) is 0 Å². The Morgan fingerprint density at radius 3 is 1.30 bits per heavy atom. The maximum absolute atomic E-state index is 6.04. The highest BCUT2D eigenvalue weighted by molar-refractivity contribution is 5.12. The molecule has 0 aromatic heterocycles. The van der Waals surface area contributed by atoms with Gasteiger partial charge in [-0.25, -0.2) is 0 Å². The van der Waals surface area contributed by atoms with Crippen LogP contribution in [-0.4, -0.2) is 129 Å². The number of hydrogen-bond acceptors (Lipinski definition) is 10. The Morgan fingerprint density at radius 1 is 0.355 bits per heavy atom. The van der Waals surface area contributed by atoms with Crippen LogP contribution < -0.4 is 0 Å². The molecule has 25 aliphatic carbocycles. The molecule has 722 valence electrons. The van der Waals surface area contributed by atoms with Crippen molar-refractivity contribution in [3.8, 4) is 0 Å². The van der Waals surface area contributed by atoms with E-state index in [1.165, 1.54) is 263 Å². The second kappa shape index (κ2) is 49.9. The topological polar surface area (TPSA) is 92.3 Å². The second-order valence-electron chi connectivity index (χ2n) is 48.7. The zero-order valence-corrected chi connectivity index (χ0v) is 85.1. The molecule has 10 nitrogen and oxygen atoms in total. The predicted molar refractivity (Wildman–Crippen MR) is 517 cm³/mol. The molecule has 124 heavy (non-hydrogen) atoms. The van der Waals surface area contributed by atoms with E-state index in [0.717, 1.165) is 233 Å². The Kier molecular flexibility index (Phi) is 41.3. The standard InChI is InChI=1S/C14H26O.2C13H22O.2C12H20O.C12H22O.C12H24O.C11H20O.C9H16O.C6H14O/c1-2-15-14-10-6-9-13(11-14)12-7-4-3-5-8-12;1-2-14-9-13-6-10-3-11(7-13)5-12(4-10)8-13;1-2-14-8-13-11-4-9-3-10(6-11)7-12(13)5-9;1-2-13-12-6-9-3-10(7-12)5-11(4-9)8-12;1-2-13-12-10-4-8-3-9(6-10)7-11(12)5-8;1-5-13-10-8-9-6-7-12(10,4)11(9,2)3;1-5-13-12-8-10(4)6-7-11(12)9(2)3;1-2-12-6-5-11-8-9-3-4-10(11)7-9;1-2-10-9-6-7-3-4-8(9)5-7;1-5(2)6(3)7-4/h12-14H,2-11H2,1H3;10-12H,2-9H2,1H3;9-13H,2-8H2,1H3;9-11H,2-8H2,1H3;8-12H,2-7H2,1H3;9-10H,5-8H2,1-4H3;9-12H,5-8H2,1-4H3;9-11H,2-8H2,1H3;7-9H,2-6H2,1H3;5-6H,1-4H3. The Balaban J connectivity index is 0.000000126. The van der Waals surface area contributed by atoms with Crippen molar-refractivity contribution < 1.29 is 47.4 Å². The van der Waals surface area contributed by atoms with Gasteiger partial charge in [0.25, 0.3) is 0 Å². The monoisotopic (exact) mass is 1740 g/mol. The third-order valence-electron chi connectivity index (χ3n) is 39.5. The van der Waals surface area contributed by atoms with Gasteiger partial charge in [0, 0.05) is 79.8 Å². The molecule has 0 radical (unpaired) electrons. The van der Waals surface area contributed by atoms with Gasteiger partial charge < -0.3 is 47.4 Å². The van der Waals surface area contributed by atoms with Gasteiger partial charge in [0.1, 0.15) is 0 Å². The van der Waals surface area contributed by atoms with Gasteiger partial charge in [-0.3, -0.25) is 0 Å². The van der Waals surface area contributed by atoms with Crippen LogP contribution in [0.2, 0.25) is 0 Å². The smallest absolute Gasteiger partial charge is 0.0690 e. The Labute approximate surface area is 767 Å². The molecule has 15 unspecified atom stereocenters. The summed E-state index contributed by atoms with van der Waals surface area (Å²) in [6.45, 7) is 51.0. The van der Waals surface area contributed by atoms with Gasteiger partial charge in [0.2, 0.25) is 0 Å². The first kappa shape index (κ1) is 103. The summed E-state index contributed by atoms with van der Waals surface area (Å²) in [5.41, 5.74) is 1.94. The minimum Gasteiger partial charge on any atom is -0.382 e. The summed E-state index contributed by atoms with van der Waals surface area (Å²) in [5.74, 6) is 26.8. The molecular formula is C114H206O10. The lowest BCUT2D eigenvalue weighted by Gasteiger charge is -2.56. The van der Waals surface area contributed by atoms with E-state index in [9.17, 15) is 0 Å². The van der Waals surface area contributed by atoms with Crippen molar-refractivity contribution in [2.75, 3.05) is 86.4 Å². The molecule has 0 aliphatic heterocycles. The summed E-state index contributed by atoms with van der Waals surface area (Å²) in [6, 6.07) is 0. The third kappa shape index (κ3) is 27.7. The van der Waals surface area contributed by atoms with Gasteiger partial charge in [0.05, 0.1) is 48.8 Å². The highest BCUT2D eigenvalue weighted by Crippen LogP contribution is 2.67. The molecule has 0 amide bonds. The van der Waals surface area contributed by atoms with Crippen molar-refractivity contribution in [1.29, 1.82) is 0 Å². The third-order valence-corrected chi connectivity index (χ3v) is 39.5. The van der Waals surface area contributed by atoms with Crippen LogP contribution in [-0.2, 0) is 47.4 Å². The predicted octanol–water partition coefficient (Wildman–Crippen LogP) is 29.8. The Morgan fingerprint density at radius 2 is 0.855 bits per heavy atom. The average Bonchev–Trinajstić information content (AvgIpc) is 1.55. The van der Waals surface area contributed by atoms with E-state index in [4.69, 9.17) is 47.4 Å². The molecule has 0 heterocycles. The van der Waals surface area contributed by atoms with Crippen LogP contribution >= 0.6 is 0 Å². The number of rotatable bonds is 26. The number of fused-ring (bicyclic) bond motifs is 6. The molecule has 0 N–H and O–H groups in total. The first-order chi connectivity index (χ1) is 59.9. The largest absolute Gasteiger partial charge is 0.382 e. The lowest BCUT2D eigenvalue weighted by Crippen LogP contribution is -2.51. The molecule has 10 heteroatoms. The first-order valence-corrected chi connectivity index (χ1v) is 55.8. The van der Waals surface area contributed by atoms with E-state index in [0.29, 0.717) is 64.4 Å². The fourth-order valence-corrected chi connectivity index (χ4v) is 33.9. The maximum Gasteiger partial charge on any atom is 0.0690 e. The fraction of sp³-hybridized carbons (Fsp3) is 1.00. The SMILES string of the molecule is CCOC12CC3CC(CC(C3)C1)C2.CCOC1C2CC3CC(C2)CC1C3.CCOC1CC(C)CCC1C(C)C.CCOC1CC2CCC1(C)C2(C)C.CCOC1CC2CCC1C2.CCOC1CCCC(C2CCCCC2)C1.CCOCC12CC3CC(CC(C3)C1)C2.CCOCC1C2CC3CC(C2)CC1C3.CCOCCC1CC2CCC1C2.COC(C)C(C)C. The zero-order valence-electron chi connectivity index (χ0n) is 85.1. The van der Waals surface area contributed by atoms with Crippen molar-refractivity contribution >= 4 is 0 Å². The Bertz CT molecular complexity index is 2790. The quantitative estimate of drug-likeness (QED) is 0.0780. The van der Waals surface area contributed by atoms with Crippen molar-refractivity contribution in [2.24, 2.45) is 176 Å². The lowest BCUT2D eigenvalue weighted by atomic mass is 9.50. The molecular weight excluding hydrogens is 1530 g/mol. The van der Waals surface area contributed by atoms with Crippen LogP contribution in [0.15, 0.2) is 0 Å². The maximum atomic E-state index is 6.04. The van der Waals surface area contributed by atoms with E-state index in [-0.39, 0.29) is 0 Å². The van der Waals surface area contributed by atoms with Crippen molar-refractivity contribution in [3.05, 3.63) is 0 Å². The summed E-state index contributed by atoms with van der Waals surface area (Å²) in [6.07, 6.45) is 70.7. The molecule has 25 saturated carbocycles. The van der Waals surface area contributed by atoms with E-state index in [1.807, 2.05) is 0 Å². The van der Waals surface area contributed by atoms with Crippen LogP contribution in [0, 0.1) is 176 Å². The van der Waals surface area contributed by atoms with Crippen LogP contribution in [0.5, 0.6) is 0 Å². The van der Waals surface area contributed by atoms with E-state index < -0.39 is 0 Å². The summed E-state index contributed by atoms with van der Waals surface area (Å²) >= 11 is 0. The van der Waals surface area contributed by atoms with Crippen LogP contribution in [0.4, 0.5) is 0 Å². The normalized spacial score (nSPS) is 43.4. The molecule has 0 spiro atoms. The number of hydrogen-bond donors (Lipinski definition) is 0. The van der Waals surface area contributed by atoms with Gasteiger partial charge in [-0.1, -0.05) is 107 Å². The van der Waals surface area contributed by atoms with Crippen LogP contribution in [0.25, 0.3) is 0 Å². The molecule has 0 aromatic rings. The van der Waals surface area contributed by atoms with E-state index in [2.05, 4.69) is 125 Å². The molecule has 22 bridgehead atoms. The highest BCUT2D eigenvalue weighted by Gasteiger charge is 2.62. The first-order valence-electron chi connectivity index (χ1n) is 55.8. The van der Waals surface area contributed by atoms with Gasteiger partial charge in [0.15, 0.2) is 0 Å². The molecule has 15 atom stereocenters. The van der Waals surface area contributed by atoms with E-state index >= 15 is 0 Å². The molecule has 25 aliphatic rings. The molecule has 25 fully saturated rings. The van der Waals surface area contributed by atoms with Crippen molar-refractivity contribution in [3.63, 3.8) is 0 Å². The van der Waals surface area contributed by atoms with Gasteiger partial charge >= 0.3 is 0 Å². The molecule has 25 rings (SSSR count). The van der Waals surface area contributed by atoms with Crippen molar-refractivity contribution in [1.82, 2.24) is 0 Å². The molecule has 0 aromatic carbocycles. The minimum absolute atomic E-state index is 0.351. The number of ether oxygens (including phenoxy) is 10. The summed E-state index contributed by atoms with van der Waals surface area (Å²) in [4.78, 5) is 0. The van der Waals surface area contributed by atoms with E-state index in [1.54, 1.807) is 39.2 Å². The highest BCUT2D eigenvalue weighted by atomic mass is 16.5. The number of methoxy groups -OCH3 is 1. The van der Waals surface area contributed by atoms with Gasteiger partial charge in [-0.2, -0.15) is 0 Å². The van der Waals surface area contributed by atoms with Crippen molar-refractivity contribution in [2.45, 2.75) is 462 Å². The summed E-state index contributed by atoms with van der Waals surface area (Å²) in [7, 11) is 1.74. The van der Waals surface area contributed by atoms with Gasteiger partial charge in [-0.15, -0.1) is 0 Å². The summed E-state index contributed by atoms with van der Waals surface area (Å²) < 4.78 is 56.9. The second-order valence-corrected chi connectivity index (χ2v) is 48.7. The lowest BCUT2D eigenvalue weighted by molar-refractivity contribution is -0.159. The zero-order chi connectivity index (χ0) is 88.1. The minimum atomic E-state index is 0.351. The average molecular weight is 1740 g/mol. The van der Waals surface area contributed by atoms with Crippen LogP contribution in [0.1, 0.15) is 420 Å². The summed E-state index contributed by atoms with van der Waals surface area (Å²) in [5, 5.41) is 0. The Hall–Kier alpha value is -0.400. The fourth-order valence-electron chi connectivity index (χ4n) is 33.9.